The zero-order valence-electron chi connectivity index (χ0n) is 12.1. The number of aliphatic hydroxyl groups is 1. The Kier molecular flexibility index (Phi) is 7.57. The Labute approximate surface area is 129 Å². The molecule has 0 fully saturated rings. The summed E-state index contributed by atoms with van der Waals surface area (Å²) < 4.78 is 22.5. The third kappa shape index (κ3) is 5.20. The monoisotopic (exact) mass is 334 g/mol. The van der Waals surface area contributed by atoms with E-state index in [0.717, 1.165) is 0 Å². The van der Waals surface area contributed by atoms with Gasteiger partial charge in [-0.05, 0) is 19.4 Å². The highest BCUT2D eigenvalue weighted by molar-refractivity contribution is 7.57. The van der Waals surface area contributed by atoms with Crippen LogP contribution in [0.25, 0.3) is 0 Å². The highest BCUT2D eigenvalue weighted by Crippen LogP contribution is 2.55. The van der Waals surface area contributed by atoms with Crippen LogP contribution in [0.2, 0.25) is 0 Å². The van der Waals surface area contributed by atoms with E-state index in [2.05, 4.69) is 0 Å². The smallest absolute Gasteiger partial charge is 0.355 e. The maximum absolute atomic E-state index is 12.4. The lowest BCUT2D eigenvalue weighted by molar-refractivity contribution is -0.119. The summed E-state index contributed by atoms with van der Waals surface area (Å²) in [6, 6.07) is 8.72. The molecule has 2 atom stereocenters. The number of carbonyl (C=O) groups excluding carboxylic acids is 1. The van der Waals surface area contributed by atoms with Crippen LogP contribution in [-0.4, -0.2) is 29.2 Å². The second kappa shape index (κ2) is 8.66. The van der Waals surface area contributed by atoms with Gasteiger partial charge in [-0.15, -0.1) is 11.6 Å². The van der Waals surface area contributed by atoms with Gasteiger partial charge in [0.1, 0.15) is 0 Å². The molecule has 1 aromatic rings. The van der Waals surface area contributed by atoms with E-state index in [9.17, 15) is 14.5 Å². The maximum atomic E-state index is 12.4. The lowest BCUT2D eigenvalue weighted by atomic mass is 10.1. The standard InChI is InChI=1S/C14H20ClO5P/c1-3-19-21(18,20-4-2)14(15)13(17)10-12(16)11-8-6-5-7-9-11/h5-9,12,14,16H,3-4,10H2,1-2H3. The van der Waals surface area contributed by atoms with Crippen molar-refractivity contribution in [2.45, 2.75) is 31.5 Å². The minimum Gasteiger partial charge on any atom is -0.388 e. The van der Waals surface area contributed by atoms with Crippen LogP contribution < -0.4 is 0 Å². The summed E-state index contributed by atoms with van der Waals surface area (Å²) >= 11 is 5.95. The summed E-state index contributed by atoms with van der Waals surface area (Å²) in [6.45, 7) is 3.52. The van der Waals surface area contributed by atoms with E-state index in [4.69, 9.17) is 20.6 Å². The molecule has 5 nitrogen and oxygen atoms in total. The molecular weight excluding hydrogens is 315 g/mol. The van der Waals surface area contributed by atoms with E-state index in [1.165, 1.54) is 0 Å². The third-order valence-electron chi connectivity index (χ3n) is 2.74. The Balaban J connectivity index is 2.75. The molecular formula is C14H20ClO5P. The Morgan fingerprint density at radius 2 is 1.76 bits per heavy atom. The van der Waals surface area contributed by atoms with Crippen molar-refractivity contribution < 1.29 is 23.5 Å². The fourth-order valence-corrected chi connectivity index (χ4v) is 3.73. The van der Waals surface area contributed by atoms with Crippen molar-refractivity contribution in [3.8, 4) is 0 Å². The average molecular weight is 335 g/mol. The number of hydrogen-bond acceptors (Lipinski definition) is 5. The number of benzene rings is 1. The second-order valence-corrected chi connectivity index (χ2v) is 7.16. The molecule has 1 rings (SSSR count). The Morgan fingerprint density at radius 1 is 1.24 bits per heavy atom. The van der Waals surface area contributed by atoms with Gasteiger partial charge in [-0.2, -0.15) is 0 Å². The van der Waals surface area contributed by atoms with E-state index in [1.54, 1.807) is 44.2 Å². The number of alkyl halides is 1. The summed E-state index contributed by atoms with van der Waals surface area (Å²) in [5, 5.41) is 8.59. The van der Waals surface area contributed by atoms with E-state index < -0.39 is 24.6 Å². The molecule has 7 heteroatoms. The van der Waals surface area contributed by atoms with Crippen LogP contribution in [0.15, 0.2) is 30.3 Å². The molecule has 0 aliphatic carbocycles. The molecule has 0 spiro atoms. The van der Waals surface area contributed by atoms with E-state index in [0.29, 0.717) is 5.56 Å². The lowest BCUT2D eigenvalue weighted by Gasteiger charge is -2.21. The fraction of sp³-hybridized carbons (Fsp3) is 0.500. The van der Waals surface area contributed by atoms with E-state index >= 15 is 0 Å². The van der Waals surface area contributed by atoms with Gasteiger partial charge in [0, 0.05) is 6.42 Å². The minimum atomic E-state index is -3.71. The van der Waals surface area contributed by atoms with Crippen molar-refractivity contribution in [1.29, 1.82) is 0 Å². The molecule has 0 heterocycles. The molecule has 0 amide bonds. The van der Waals surface area contributed by atoms with Gasteiger partial charge in [0.05, 0.1) is 19.3 Å². The van der Waals surface area contributed by atoms with Crippen LogP contribution >= 0.6 is 19.2 Å². The number of hydrogen-bond donors (Lipinski definition) is 1. The number of carbonyl (C=O) groups is 1. The Morgan fingerprint density at radius 3 is 2.24 bits per heavy atom. The van der Waals surface area contributed by atoms with Gasteiger partial charge >= 0.3 is 7.60 Å². The number of Topliss-reactive ketones (excluding diaryl/α,β-unsaturated/α-hetero) is 1. The van der Waals surface area contributed by atoms with Gasteiger partial charge < -0.3 is 14.2 Å². The zero-order chi connectivity index (χ0) is 15.9. The molecule has 1 N–H and O–H groups in total. The van der Waals surface area contributed by atoms with Crippen molar-refractivity contribution in [3.63, 3.8) is 0 Å². The van der Waals surface area contributed by atoms with Crippen molar-refractivity contribution in [1.82, 2.24) is 0 Å². The quantitative estimate of drug-likeness (QED) is 0.552. The highest BCUT2D eigenvalue weighted by Gasteiger charge is 2.39. The highest BCUT2D eigenvalue weighted by atomic mass is 35.5. The van der Waals surface area contributed by atoms with Crippen LogP contribution in [0.5, 0.6) is 0 Å². The maximum Gasteiger partial charge on any atom is 0.355 e. The van der Waals surface area contributed by atoms with Crippen LogP contribution in [0.4, 0.5) is 0 Å². The van der Waals surface area contributed by atoms with Crippen LogP contribution in [-0.2, 0) is 18.4 Å². The molecule has 0 aromatic heterocycles. The molecule has 21 heavy (non-hydrogen) atoms. The first-order valence-corrected chi connectivity index (χ1v) is 8.78. The predicted molar refractivity (Wildman–Crippen MR) is 81.5 cm³/mol. The van der Waals surface area contributed by atoms with E-state index in [-0.39, 0.29) is 19.6 Å². The summed E-state index contributed by atoms with van der Waals surface area (Å²) in [7, 11) is -3.71. The Bertz CT molecular complexity index is 483. The number of halogens is 1. The van der Waals surface area contributed by atoms with Gasteiger partial charge in [0.15, 0.2) is 10.9 Å². The van der Waals surface area contributed by atoms with E-state index in [1.807, 2.05) is 0 Å². The second-order valence-electron chi connectivity index (χ2n) is 4.31. The average Bonchev–Trinajstić information content (AvgIpc) is 2.47. The van der Waals surface area contributed by atoms with Crippen LogP contribution in [0.3, 0.4) is 0 Å². The fourth-order valence-electron chi connectivity index (χ4n) is 1.79. The van der Waals surface area contributed by atoms with Crippen molar-refractivity contribution in [2.24, 2.45) is 0 Å². The minimum absolute atomic E-state index is 0.120. The van der Waals surface area contributed by atoms with Crippen molar-refractivity contribution in [3.05, 3.63) is 35.9 Å². The summed E-state index contributed by atoms with van der Waals surface area (Å²) in [6.07, 6.45) is -1.25. The van der Waals surface area contributed by atoms with Crippen molar-refractivity contribution in [2.75, 3.05) is 13.2 Å². The molecule has 0 aliphatic heterocycles. The van der Waals surface area contributed by atoms with Gasteiger partial charge in [0.25, 0.3) is 0 Å². The largest absolute Gasteiger partial charge is 0.388 e. The van der Waals surface area contributed by atoms with Crippen LogP contribution in [0, 0.1) is 0 Å². The SMILES string of the molecule is CCOP(=O)(OCC)C(Cl)C(=O)CC(O)c1ccccc1. The van der Waals surface area contributed by atoms with Gasteiger partial charge in [-0.25, -0.2) is 0 Å². The third-order valence-corrected chi connectivity index (χ3v) is 5.78. The number of ketones is 1. The molecule has 1 aromatic carbocycles. The topological polar surface area (TPSA) is 72.8 Å². The number of rotatable bonds is 9. The molecule has 118 valence electrons. The van der Waals surface area contributed by atoms with Crippen LogP contribution in [0.1, 0.15) is 31.9 Å². The molecule has 2 unspecified atom stereocenters. The first kappa shape index (κ1) is 18.3. The van der Waals surface area contributed by atoms with Gasteiger partial charge in [-0.1, -0.05) is 30.3 Å². The van der Waals surface area contributed by atoms with Gasteiger partial charge in [0.2, 0.25) is 0 Å². The van der Waals surface area contributed by atoms with Crippen molar-refractivity contribution >= 4 is 25.0 Å². The molecule has 0 radical (unpaired) electrons. The molecule has 0 aliphatic rings. The van der Waals surface area contributed by atoms with Gasteiger partial charge in [-0.3, -0.25) is 9.36 Å². The summed E-state index contributed by atoms with van der Waals surface area (Å²) in [5.74, 6) is -0.571. The summed E-state index contributed by atoms with van der Waals surface area (Å²) in [5.41, 5.74) is 0.595. The molecule has 0 bridgehead atoms. The Hall–Kier alpha value is -0.710. The zero-order valence-corrected chi connectivity index (χ0v) is 13.7. The molecule has 0 saturated heterocycles. The summed E-state index contributed by atoms with van der Waals surface area (Å²) in [4.78, 5) is 12.1. The predicted octanol–water partition coefficient (Wildman–Crippen LogP) is 3.51. The molecule has 0 saturated carbocycles. The first-order valence-electron chi connectivity index (χ1n) is 6.73. The normalized spacial score (nSPS) is 14.7. The number of aliphatic hydroxyl groups excluding tert-OH is 1. The first-order chi connectivity index (χ1) is 9.94. The lowest BCUT2D eigenvalue weighted by Crippen LogP contribution is -2.20.